The molecule has 1 saturated carbocycles. The summed E-state index contributed by atoms with van der Waals surface area (Å²) in [6.45, 7) is 6.54. The van der Waals surface area contributed by atoms with Gasteiger partial charge in [0.15, 0.2) is 0 Å². The first-order valence-electron chi connectivity index (χ1n) is 7.16. The number of halogens is 1. The van der Waals surface area contributed by atoms with Gasteiger partial charge >= 0.3 is 0 Å². The molecule has 2 rings (SSSR count). The van der Waals surface area contributed by atoms with Gasteiger partial charge in [-0.15, -0.1) is 0 Å². The van der Waals surface area contributed by atoms with E-state index in [0.717, 1.165) is 24.2 Å². The van der Waals surface area contributed by atoms with Gasteiger partial charge in [-0.05, 0) is 43.9 Å². The Balaban J connectivity index is 2.00. The average molecular weight is 285 g/mol. The van der Waals surface area contributed by atoms with Crippen molar-refractivity contribution in [3.63, 3.8) is 0 Å². The Labute approximate surface area is 121 Å². The maximum atomic E-state index is 10.5. The number of nitrogens with zero attached hydrogens (tertiary/aromatic N) is 2. The van der Waals surface area contributed by atoms with Crippen molar-refractivity contribution < 1.29 is 5.11 Å². The van der Waals surface area contributed by atoms with Crippen LogP contribution in [-0.4, -0.2) is 21.0 Å². The molecule has 1 aromatic heterocycles. The molecule has 1 aliphatic rings. The lowest BCUT2D eigenvalue weighted by molar-refractivity contribution is 0.0564. The Morgan fingerprint density at radius 3 is 2.47 bits per heavy atom. The number of aromatic nitrogens is 2. The molecule has 1 aliphatic carbocycles. The minimum absolute atomic E-state index is 0.302. The lowest BCUT2D eigenvalue weighted by atomic mass is 9.71. The molecular formula is C15H25ClN2O. The van der Waals surface area contributed by atoms with Crippen LogP contribution in [0.1, 0.15) is 50.9 Å². The second-order valence-corrected chi connectivity index (χ2v) is 7.12. The molecule has 1 atom stereocenters. The smallest absolute Gasteiger partial charge is 0.0847 e. The van der Waals surface area contributed by atoms with Gasteiger partial charge < -0.3 is 5.11 Å². The van der Waals surface area contributed by atoms with E-state index < -0.39 is 0 Å². The van der Waals surface area contributed by atoms with E-state index in [1.54, 1.807) is 4.68 Å². The van der Waals surface area contributed by atoms with E-state index in [1.165, 1.54) is 12.8 Å². The molecule has 3 nitrogen and oxygen atoms in total. The van der Waals surface area contributed by atoms with Crippen molar-refractivity contribution in [1.29, 1.82) is 0 Å². The fraction of sp³-hybridized carbons (Fsp3) is 0.800. The summed E-state index contributed by atoms with van der Waals surface area (Å²) in [5.41, 5.74) is 2.24. The molecule has 4 heteroatoms. The van der Waals surface area contributed by atoms with E-state index in [2.05, 4.69) is 18.9 Å². The second kappa shape index (κ2) is 5.45. The third-order valence-corrected chi connectivity index (χ3v) is 5.08. The van der Waals surface area contributed by atoms with Crippen LogP contribution < -0.4 is 0 Å². The first kappa shape index (κ1) is 14.9. The van der Waals surface area contributed by atoms with Crippen LogP contribution in [0.15, 0.2) is 0 Å². The van der Waals surface area contributed by atoms with Crippen molar-refractivity contribution in [2.24, 2.45) is 18.4 Å². The maximum Gasteiger partial charge on any atom is 0.0847 e. The molecule has 1 unspecified atom stereocenters. The third kappa shape index (κ3) is 3.32. The molecule has 108 valence electrons. The molecule has 0 saturated heterocycles. The van der Waals surface area contributed by atoms with Crippen LogP contribution in [0.3, 0.4) is 0 Å². The predicted molar refractivity (Wildman–Crippen MR) is 78.4 cm³/mol. The maximum absolute atomic E-state index is 10.5. The lowest BCUT2D eigenvalue weighted by Gasteiger charge is -2.36. The van der Waals surface area contributed by atoms with E-state index in [4.69, 9.17) is 11.6 Å². The van der Waals surface area contributed by atoms with Gasteiger partial charge in [0.2, 0.25) is 0 Å². The second-order valence-electron chi connectivity index (χ2n) is 6.74. The molecule has 1 aromatic rings. The summed E-state index contributed by atoms with van der Waals surface area (Å²) in [4.78, 5) is 0. The zero-order chi connectivity index (χ0) is 14.2. The first-order chi connectivity index (χ1) is 8.80. The number of rotatable bonds is 3. The molecular weight excluding hydrogens is 260 g/mol. The van der Waals surface area contributed by atoms with Crippen LogP contribution in [0.2, 0.25) is 5.02 Å². The number of aliphatic hydroxyl groups excluding tert-OH is 1. The lowest BCUT2D eigenvalue weighted by Crippen LogP contribution is -2.30. The molecule has 1 N–H and O–H groups in total. The van der Waals surface area contributed by atoms with E-state index in [1.807, 2.05) is 14.0 Å². The minimum atomic E-state index is -0.302. The predicted octanol–water partition coefficient (Wildman–Crippen LogP) is 3.50. The summed E-state index contributed by atoms with van der Waals surface area (Å²) in [6, 6.07) is 0. The summed E-state index contributed by atoms with van der Waals surface area (Å²) in [5.74, 6) is 0.402. The Hall–Kier alpha value is -0.540. The molecule has 1 heterocycles. The third-order valence-electron chi connectivity index (χ3n) is 4.59. The summed E-state index contributed by atoms with van der Waals surface area (Å²) >= 11 is 6.25. The van der Waals surface area contributed by atoms with E-state index in [9.17, 15) is 5.11 Å². The number of aryl methyl sites for hydroxylation is 2. The van der Waals surface area contributed by atoms with Gasteiger partial charge in [-0.2, -0.15) is 5.10 Å². The fourth-order valence-electron chi connectivity index (χ4n) is 3.07. The highest BCUT2D eigenvalue weighted by Crippen LogP contribution is 2.39. The summed E-state index contributed by atoms with van der Waals surface area (Å²) < 4.78 is 1.80. The van der Waals surface area contributed by atoms with Crippen LogP contribution in [0.25, 0.3) is 0 Å². The van der Waals surface area contributed by atoms with Crippen LogP contribution >= 0.6 is 11.6 Å². The molecule has 0 bridgehead atoms. The molecule has 0 spiro atoms. The van der Waals surface area contributed by atoms with Crippen molar-refractivity contribution in [2.45, 2.75) is 59.0 Å². The summed E-state index contributed by atoms with van der Waals surface area (Å²) in [6.07, 6.45) is 4.94. The average Bonchev–Trinajstić information content (AvgIpc) is 2.56. The van der Waals surface area contributed by atoms with Crippen molar-refractivity contribution in [3.8, 4) is 0 Å². The Kier molecular flexibility index (Phi) is 4.26. The number of aliphatic hydroxyl groups is 1. The molecule has 0 aromatic carbocycles. The van der Waals surface area contributed by atoms with Crippen LogP contribution in [0.4, 0.5) is 0 Å². The van der Waals surface area contributed by atoms with Gasteiger partial charge in [0, 0.05) is 13.5 Å². The van der Waals surface area contributed by atoms with Gasteiger partial charge in [0.05, 0.1) is 22.5 Å². The van der Waals surface area contributed by atoms with E-state index >= 15 is 0 Å². The van der Waals surface area contributed by atoms with Crippen molar-refractivity contribution >= 4 is 11.6 Å². The molecule has 0 amide bonds. The molecule has 19 heavy (non-hydrogen) atoms. The summed E-state index contributed by atoms with van der Waals surface area (Å²) in [5, 5.41) is 15.5. The van der Waals surface area contributed by atoms with Crippen molar-refractivity contribution in [2.75, 3.05) is 0 Å². The summed E-state index contributed by atoms with van der Waals surface area (Å²) in [7, 11) is 1.89. The normalized spacial score (nSPS) is 21.6. The van der Waals surface area contributed by atoms with Crippen LogP contribution in [0.5, 0.6) is 0 Å². The van der Waals surface area contributed by atoms with Crippen molar-refractivity contribution in [3.05, 3.63) is 16.4 Å². The van der Waals surface area contributed by atoms with Gasteiger partial charge in [-0.25, -0.2) is 0 Å². The van der Waals surface area contributed by atoms with Crippen molar-refractivity contribution in [1.82, 2.24) is 9.78 Å². The number of hydrogen-bond donors (Lipinski definition) is 1. The van der Waals surface area contributed by atoms with Gasteiger partial charge in [0.1, 0.15) is 0 Å². The standard InChI is InChI=1S/C15H25ClN2O/c1-10-14(16)12(18(4)17-10)9-13(19)11-5-7-15(2,3)8-6-11/h11,13,19H,5-9H2,1-4H3. The van der Waals surface area contributed by atoms with Gasteiger partial charge in [-0.3, -0.25) is 4.68 Å². The Morgan fingerprint density at radius 1 is 1.42 bits per heavy atom. The minimum Gasteiger partial charge on any atom is -0.392 e. The van der Waals surface area contributed by atoms with E-state index in [-0.39, 0.29) is 6.10 Å². The zero-order valence-electron chi connectivity index (χ0n) is 12.4. The Morgan fingerprint density at radius 2 is 2.00 bits per heavy atom. The fourth-order valence-corrected chi connectivity index (χ4v) is 3.31. The van der Waals surface area contributed by atoms with Gasteiger partial charge in [-0.1, -0.05) is 25.4 Å². The first-order valence-corrected chi connectivity index (χ1v) is 7.54. The monoisotopic (exact) mass is 284 g/mol. The van der Waals surface area contributed by atoms with Crippen LogP contribution in [0, 0.1) is 18.3 Å². The zero-order valence-corrected chi connectivity index (χ0v) is 13.2. The topological polar surface area (TPSA) is 38.0 Å². The molecule has 1 fully saturated rings. The highest BCUT2D eigenvalue weighted by Gasteiger charge is 2.31. The highest BCUT2D eigenvalue weighted by atomic mass is 35.5. The van der Waals surface area contributed by atoms with Gasteiger partial charge in [0.25, 0.3) is 0 Å². The molecule has 0 radical (unpaired) electrons. The number of hydrogen-bond acceptors (Lipinski definition) is 2. The molecule has 0 aliphatic heterocycles. The highest BCUT2D eigenvalue weighted by molar-refractivity contribution is 6.31. The largest absolute Gasteiger partial charge is 0.392 e. The quantitative estimate of drug-likeness (QED) is 0.922. The Bertz CT molecular complexity index is 443. The van der Waals surface area contributed by atoms with Crippen LogP contribution in [-0.2, 0) is 13.5 Å². The van der Waals surface area contributed by atoms with E-state index in [0.29, 0.717) is 22.8 Å². The SMILES string of the molecule is Cc1nn(C)c(CC(O)C2CCC(C)(C)CC2)c1Cl.